The fourth-order valence-electron chi connectivity index (χ4n) is 6.98. The zero-order chi connectivity index (χ0) is 29.4. The molecule has 0 aromatic heterocycles. The van der Waals surface area contributed by atoms with Crippen LogP contribution in [0.4, 0.5) is 0 Å². The number of carbonyl (C=O) groups excluding carboxylic acids is 2. The molecule has 3 fully saturated rings. The summed E-state index contributed by atoms with van der Waals surface area (Å²) in [6.07, 6.45) is 11.3. The van der Waals surface area contributed by atoms with Crippen molar-refractivity contribution in [3.05, 3.63) is 35.4 Å². The number of allylic oxidation sites excluding steroid dienone is 1. The standard InChI is InChI=1S/C32H41N3O6/c1-31(11-4-12-31)18-34-29(37)26-19-5-7-20(8-6-19)27(26)35-28(36)23-16-24(21(17-33)15-25(23)40-3)41-22-9-13-32(2,14-10-22)30(38)39/h5,7,15-16,19-20,22,26-27H,4,6,8-14,18H2,1-3H3,(H,34,37)(H,35,36)(H,38,39)/t19-,20+,22?,26-,27+,32?/m0/s1. The van der Waals surface area contributed by atoms with Crippen LogP contribution >= 0.6 is 0 Å². The van der Waals surface area contributed by atoms with Crippen LogP contribution < -0.4 is 20.1 Å². The molecule has 5 aliphatic carbocycles. The number of nitriles is 1. The van der Waals surface area contributed by atoms with Gasteiger partial charge in [0.05, 0.1) is 35.7 Å². The first-order valence-corrected chi connectivity index (χ1v) is 14.8. The summed E-state index contributed by atoms with van der Waals surface area (Å²) in [4.78, 5) is 38.9. The summed E-state index contributed by atoms with van der Waals surface area (Å²) in [6, 6.07) is 4.83. The highest BCUT2D eigenvalue weighted by Crippen LogP contribution is 2.43. The zero-order valence-electron chi connectivity index (χ0n) is 24.2. The van der Waals surface area contributed by atoms with Crippen molar-refractivity contribution >= 4 is 17.8 Å². The summed E-state index contributed by atoms with van der Waals surface area (Å²) in [5, 5.41) is 25.7. The fraction of sp³-hybridized carbons (Fsp3) is 0.625. The number of hydrogen-bond acceptors (Lipinski definition) is 6. The number of methoxy groups -OCH3 is 1. The monoisotopic (exact) mass is 563 g/mol. The minimum absolute atomic E-state index is 0.0102. The second-order valence-electron chi connectivity index (χ2n) is 13.0. The molecule has 3 saturated carbocycles. The SMILES string of the molecule is COc1cc(C#N)c(OC2CCC(C)(C(=O)O)CC2)cc1C(=O)N[C@H]1[C@@H](C(=O)NCC2(C)CCC2)[C@H]2C=C[C@@H]1CC2. The Balaban J connectivity index is 1.33. The lowest BCUT2D eigenvalue weighted by Gasteiger charge is -2.45. The highest BCUT2D eigenvalue weighted by molar-refractivity contribution is 5.98. The summed E-state index contributed by atoms with van der Waals surface area (Å²) >= 11 is 0. The summed E-state index contributed by atoms with van der Waals surface area (Å²) in [7, 11) is 1.45. The van der Waals surface area contributed by atoms with Crippen LogP contribution in [0.15, 0.2) is 24.3 Å². The molecule has 1 aromatic rings. The van der Waals surface area contributed by atoms with Crippen molar-refractivity contribution in [1.29, 1.82) is 5.26 Å². The zero-order valence-corrected chi connectivity index (χ0v) is 24.2. The maximum Gasteiger partial charge on any atom is 0.309 e. The van der Waals surface area contributed by atoms with E-state index >= 15 is 0 Å². The molecule has 0 aliphatic heterocycles. The van der Waals surface area contributed by atoms with Gasteiger partial charge < -0.3 is 25.2 Å². The van der Waals surface area contributed by atoms with Gasteiger partial charge in [0.2, 0.25) is 5.91 Å². The van der Waals surface area contributed by atoms with E-state index in [9.17, 15) is 24.8 Å². The molecule has 41 heavy (non-hydrogen) atoms. The van der Waals surface area contributed by atoms with E-state index in [2.05, 4.69) is 35.8 Å². The molecule has 0 radical (unpaired) electrons. The highest BCUT2D eigenvalue weighted by Gasteiger charge is 2.46. The maximum absolute atomic E-state index is 13.8. The molecule has 9 heteroatoms. The number of aliphatic carboxylic acids is 1. The van der Waals surface area contributed by atoms with E-state index in [-0.39, 0.29) is 69.8 Å². The number of carboxylic acid groups (broad SMARTS) is 1. The summed E-state index contributed by atoms with van der Waals surface area (Å²) < 4.78 is 11.7. The van der Waals surface area contributed by atoms with Crippen molar-refractivity contribution in [2.75, 3.05) is 13.7 Å². The Bertz CT molecular complexity index is 1270. The van der Waals surface area contributed by atoms with E-state index in [1.807, 2.05) is 0 Å². The Hall–Kier alpha value is -3.54. The molecule has 6 rings (SSSR count). The topological polar surface area (TPSA) is 138 Å². The smallest absolute Gasteiger partial charge is 0.309 e. The molecule has 2 amide bonds. The number of hydrogen-bond donors (Lipinski definition) is 3. The van der Waals surface area contributed by atoms with E-state index in [0.29, 0.717) is 32.2 Å². The lowest BCUT2D eigenvalue weighted by molar-refractivity contribution is -0.150. The van der Waals surface area contributed by atoms with Gasteiger partial charge in [-0.1, -0.05) is 25.5 Å². The van der Waals surface area contributed by atoms with Crippen LogP contribution in [0.25, 0.3) is 0 Å². The molecule has 4 atom stereocenters. The lowest BCUT2D eigenvalue weighted by Crippen LogP contribution is -2.57. The highest BCUT2D eigenvalue weighted by atomic mass is 16.5. The van der Waals surface area contributed by atoms with Crippen molar-refractivity contribution in [2.24, 2.45) is 28.6 Å². The minimum atomic E-state index is -0.812. The van der Waals surface area contributed by atoms with Crippen LogP contribution in [0, 0.1) is 39.9 Å². The first-order chi connectivity index (χ1) is 19.6. The van der Waals surface area contributed by atoms with Gasteiger partial charge in [0.15, 0.2) is 0 Å². The first-order valence-electron chi connectivity index (χ1n) is 14.8. The number of nitrogens with one attached hydrogen (secondary N) is 2. The molecule has 0 heterocycles. The molecule has 220 valence electrons. The van der Waals surface area contributed by atoms with E-state index in [4.69, 9.17) is 9.47 Å². The number of benzene rings is 1. The van der Waals surface area contributed by atoms with Crippen molar-refractivity contribution < 1.29 is 29.0 Å². The lowest BCUT2D eigenvalue weighted by atomic mass is 9.65. The first kappa shape index (κ1) is 29.0. The van der Waals surface area contributed by atoms with Gasteiger partial charge in [-0.2, -0.15) is 5.26 Å². The van der Waals surface area contributed by atoms with Gasteiger partial charge in [-0.05, 0) is 81.6 Å². The van der Waals surface area contributed by atoms with Gasteiger partial charge in [0.1, 0.15) is 17.6 Å². The van der Waals surface area contributed by atoms with E-state index in [1.165, 1.54) is 19.6 Å². The van der Waals surface area contributed by atoms with Gasteiger partial charge in [-0.15, -0.1) is 0 Å². The molecule has 2 bridgehead atoms. The molecule has 0 unspecified atom stereocenters. The van der Waals surface area contributed by atoms with Crippen LogP contribution in [0.1, 0.15) is 87.6 Å². The molecular formula is C32H41N3O6. The summed E-state index contributed by atoms with van der Waals surface area (Å²) in [5.41, 5.74) is -0.144. The number of fused-ring (bicyclic) bond motifs is 2. The number of rotatable bonds is 9. The van der Waals surface area contributed by atoms with E-state index in [0.717, 1.165) is 25.7 Å². The number of ether oxygens (including phenoxy) is 2. The van der Waals surface area contributed by atoms with Crippen LogP contribution in [-0.2, 0) is 9.59 Å². The Kier molecular flexibility index (Phi) is 8.04. The second kappa shape index (κ2) is 11.4. The largest absolute Gasteiger partial charge is 0.496 e. The summed E-state index contributed by atoms with van der Waals surface area (Å²) in [5.74, 6) is -0.893. The predicted octanol–water partition coefficient (Wildman–Crippen LogP) is 4.60. The van der Waals surface area contributed by atoms with Crippen molar-refractivity contribution in [1.82, 2.24) is 10.6 Å². The molecule has 1 aromatic carbocycles. The molecule has 0 spiro atoms. The van der Waals surface area contributed by atoms with Gasteiger partial charge in [0, 0.05) is 18.7 Å². The minimum Gasteiger partial charge on any atom is -0.496 e. The average Bonchev–Trinajstić information content (AvgIpc) is 2.96. The Morgan fingerprint density at radius 1 is 1.02 bits per heavy atom. The quantitative estimate of drug-likeness (QED) is 0.374. The van der Waals surface area contributed by atoms with Gasteiger partial charge >= 0.3 is 5.97 Å². The van der Waals surface area contributed by atoms with Crippen molar-refractivity contribution in [3.63, 3.8) is 0 Å². The van der Waals surface area contributed by atoms with Crippen LogP contribution in [0.5, 0.6) is 11.5 Å². The fourth-order valence-corrected chi connectivity index (χ4v) is 6.98. The van der Waals surface area contributed by atoms with E-state index in [1.54, 1.807) is 13.0 Å². The van der Waals surface area contributed by atoms with Crippen molar-refractivity contribution in [2.45, 2.75) is 83.8 Å². The van der Waals surface area contributed by atoms with Crippen LogP contribution in [0.2, 0.25) is 0 Å². The second-order valence-corrected chi connectivity index (χ2v) is 13.0. The number of amides is 2. The van der Waals surface area contributed by atoms with E-state index < -0.39 is 11.4 Å². The third-order valence-corrected chi connectivity index (χ3v) is 10.1. The van der Waals surface area contributed by atoms with Gasteiger partial charge in [-0.25, -0.2) is 0 Å². The Labute approximate surface area is 241 Å². The molecule has 9 nitrogen and oxygen atoms in total. The Morgan fingerprint density at radius 2 is 1.71 bits per heavy atom. The number of carboxylic acids is 1. The number of nitrogens with zero attached hydrogens (tertiary/aromatic N) is 1. The van der Waals surface area contributed by atoms with Crippen LogP contribution in [0.3, 0.4) is 0 Å². The Morgan fingerprint density at radius 3 is 2.27 bits per heavy atom. The maximum atomic E-state index is 13.8. The van der Waals surface area contributed by atoms with Crippen LogP contribution in [-0.4, -0.2) is 48.7 Å². The third-order valence-electron chi connectivity index (χ3n) is 10.1. The van der Waals surface area contributed by atoms with Crippen molar-refractivity contribution in [3.8, 4) is 17.6 Å². The average molecular weight is 564 g/mol. The number of carbonyl (C=O) groups is 3. The summed E-state index contributed by atoms with van der Waals surface area (Å²) in [6.45, 7) is 4.61. The third kappa shape index (κ3) is 5.79. The predicted molar refractivity (Wildman–Crippen MR) is 151 cm³/mol. The van der Waals surface area contributed by atoms with Gasteiger partial charge in [-0.3, -0.25) is 14.4 Å². The molecule has 0 saturated heterocycles. The van der Waals surface area contributed by atoms with Gasteiger partial charge in [0.25, 0.3) is 5.91 Å². The molecule has 5 aliphatic rings. The molecular weight excluding hydrogens is 522 g/mol. The molecule has 3 N–H and O–H groups in total. The normalized spacial score (nSPS) is 31.3.